The number of hydrogen-bond acceptors (Lipinski definition) is 4. The maximum atomic E-state index is 6.07. The fourth-order valence-electron chi connectivity index (χ4n) is 2.48. The largest absolute Gasteiger partial charge is 0.450 e. The summed E-state index contributed by atoms with van der Waals surface area (Å²) in [5.41, 5.74) is 4.24. The van der Waals surface area contributed by atoms with Gasteiger partial charge in [0.05, 0.1) is 0 Å². The predicted octanol–water partition coefficient (Wildman–Crippen LogP) is 5.08. The second kappa shape index (κ2) is 5.00. The van der Waals surface area contributed by atoms with E-state index in [1.165, 1.54) is 6.33 Å². The molecule has 4 aromatic rings. The van der Waals surface area contributed by atoms with Crippen LogP contribution in [-0.4, -0.2) is 9.97 Å². The molecule has 108 valence electrons. The van der Waals surface area contributed by atoms with Crippen LogP contribution in [0.25, 0.3) is 22.1 Å². The van der Waals surface area contributed by atoms with Crippen LogP contribution in [0.3, 0.4) is 0 Å². The number of furan rings is 1. The molecule has 5 heteroatoms. The van der Waals surface area contributed by atoms with Gasteiger partial charge in [0.25, 0.3) is 0 Å². The van der Waals surface area contributed by atoms with E-state index < -0.39 is 0 Å². The summed E-state index contributed by atoms with van der Waals surface area (Å²) in [5, 5.41) is 4.85. The molecule has 2 aromatic carbocycles. The Morgan fingerprint density at radius 1 is 1.09 bits per heavy atom. The van der Waals surface area contributed by atoms with Gasteiger partial charge in [-0.3, -0.25) is 0 Å². The fourth-order valence-corrected chi connectivity index (χ4v) is 2.65. The van der Waals surface area contributed by atoms with Crippen LogP contribution >= 0.6 is 11.6 Å². The zero-order valence-corrected chi connectivity index (χ0v) is 12.6. The Bertz CT molecular complexity index is 994. The number of para-hydroxylation sites is 1. The average Bonchev–Trinajstić information content (AvgIpc) is 2.89. The molecule has 0 aliphatic carbocycles. The number of hydrogen-bond donors (Lipinski definition) is 1. The van der Waals surface area contributed by atoms with Crippen molar-refractivity contribution in [2.45, 2.75) is 6.92 Å². The standard InChI is InChI=1S/C17H12ClN3O/c1-10-4-2-3-5-13(10)21-17-16-15(19-9-20-17)12-8-11(18)6-7-14(12)22-16/h2-9H,1H3,(H,19,20,21). The van der Waals surface area contributed by atoms with Gasteiger partial charge < -0.3 is 9.73 Å². The van der Waals surface area contributed by atoms with Crippen LogP contribution in [0, 0.1) is 6.92 Å². The summed E-state index contributed by atoms with van der Waals surface area (Å²) in [5.74, 6) is 0.645. The lowest BCUT2D eigenvalue weighted by molar-refractivity contribution is 0.667. The third kappa shape index (κ3) is 2.09. The maximum Gasteiger partial charge on any atom is 0.196 e. The van der Waals surface area contributed by atoms with E-state index in [2.05, 4.69) is 15.3 Å². The van der Waals surface area contributed by atoms with Crippen LogP contribution in [0.2, 0.25) is 5.02 Å². The molecule has 0 spiro atoms. The highest BCUT2D eigenvalue weighted by atomic mass is 35.5. The Morgan fingerprint density at radius 3 is 2.82 bits per heavy atom. The summed E-state index contributed by atoms with van der Waals surface area (Å²) in [6, 6.07) is 13.5. The minimum absolute atomic E-state index is 0.628. The van der Waals surface area contributed by atoms with Crippen LogP contribution in [0.1, 0.15) is 5.56 Å². The van der Waals surface area contributed by atoms with E-state index in [0.29, 0.717) is 16.4 Å². The van der Waals surface area contributed by atoms with Crippen LogP contribution in [0.4, 0.5) is 11.5 Å². The molecule has 1 N–H and O–H groups in total. The van der Waals surface area contributed by atoms with E-state index in [1.54, 1.807) is 6.07 Å². The molecule has 22 heavy (non-hydrogen) atoms. The van der Waals surface area contributed by atoms with Gasteiger partial charge in [0.2, 0.25) is 0 Å². The van der Waals surface area contributed by atoms with Crippen molar-refractivity contribution < 1.29 is 4.42 Å². The Labute approximate surface area is 131 Å². The monoisotopic (exact) mass is 309 g/mol. The fraction of sp³-hybridized carbons (Fsp3) is 0.0588. The molecule has 0 atom stereocenters. The van der Waals surface area contributed by atoms with Crippen molar-refractivity contribution in [3.63, 3.8) is 0 Å². The quantitative estimate of drug-likeness (QED) is 0.561. The van der Waals surface area contributed by atoms with Gasteiger partial charge in [0.15, 0.2) is 11.4 Å². The molecule has 0 aliphatic rings. The van der Waals surface area contributed by atoms with Crippen molar-refractivity contribution in [1.29, 1.82) is 0 Å². The van der Waals surface area contributed by atoms with Gasteiger partial charge in [-0.1, -0.05) is 29.8 Å². The zero-order chi connectivity index (χ0) is 15.1. The molecule has 0 radical (unpaired) electrons. The Hall–Kier alpha value is -2.59. The van der Waals surface area contributed by atoms with Gasteiger partial charge in [-0.25, -0.2) is 9.97 Å². The molecule has 0 bridgehead atoms. The molecular formula is C17H12ClN3O. The van der Waals surface area contributed by atoms with Crippen molar-refractivity contribution in [2.75, 3.05) is 5.32 Å². The summed E-state index contributed by atoms with van der Waals surface area (Å²) in [7, 11) is 0. The number of aromatic nitrogens is 2. The number of rotatable bonds is 2. The van der Waals surface area contributed by atoms with E-state index in [1.807, 2.05) is 43.3 Å². The minimum atomic E-state index is 0.628. The summed E-state index contributed by atoms with van der Waals surface area (Å²) in [4.78, 5) is 8.64. The number of anilines is 2. The first-order chi connectivity index (χ1) is 10.7. The van der Waals surface area contributed by atoms with Crippen LogP contribution in [-0.2, 0) is 0 Å². The predicted molar refractivity (Wildman–Crippen MR) is 88.8 cm³/mol. The Kier molecular flexibility index (Phi) is 2.98. The highest BCUT2D eigenvalue weighted by Gasteiger charge is 2.14. The van der Waals surface area contributed by atoms with Gasteiger partial charge in [-0.2, -0.15) is 0 Å². The van der Waals surface area contributed by atoms with Crippen molar-refractivity contribution in [2.24, 2.45) is 0 Å². The molecule has 0 aliphatic heterocycles. The van der Waals surface area contributed by atoms with Crippen molar-refractivity contribution in [1.82, 2.24) is 9.97 Å². The summed E-state index contributed by atoms with van der Waals surface area (Å²) in [6.45, 7) is 2.04. The first-order valence-electron chi connectivity index (χ1n) is 6.88. The second-order valence-electron chi connectivity index (χ2n) is 5.08. The van der Waals surface area contributed by atoms with E-state index >= 15 is 0 Å². The number of benzene rings is 2. The van der Waals surface area contributed by atoms with Gasteiger partial charge >= 0.3 is 0 Å². The number of fused-ring (bicyclic) bond motifs is 3. The van der Waals surface area contributed by atoms with Gasteiger partial charge in [0.1, 0.15) is 17.4 Å². The highest BCUT2D eigenvalue weighted by Crippen LogP contribution is 2.33. The number of nitrogens with zero attached hydrogens (tertiary/aromatic N) is 2. The van der Waals surface area contributed by atoms with Gasteiger partial charge in [-0.15, -0.1) is 0 Å². The lowest BCUT2D eigenvalue weighted by atomic mass is 10.2. The molecule has 2 aromatic heterocycles. The molecule has 4 rings (SSSR count). The third-order valence-electron chi connectivity index (χ3n) is 3.61. The molecule has 0 unspecified atom stereocenters. The summed E-state index contributed by atoms with van der Waals surface area (Å²) in [6.07, 6.45) is 1.53. The molecule has 0 saturated carbocycles. The Morgan fingerprint density at radius 2 is 1.95 bits per heavy atom. The molecule has 4 nitrogen and oxygen atoms in total. The SMILES string of the molecule is Cc1ccccc1Nc1ncnc2c1oc1ccc(Cl)cc12. The second-order valence-corrected chi connectivity index (χ2v) is 5.52. The van der Waals surface area contributed by atoms with Crippen molar-refractivity contribution in [3.05, 3.63) is 59.4 Å². The van der Waals surface area contributed by atoms with E-state index in [0.717, 1.165) is 27.7 Å². The van der Waals surface area contributed by atoms with Crippen molar-refractivity contribution >= 4 is 45.2 Å². The first-order valence-corrected chi connectivity index (χ1v) is 7.25. The Balaban J connectivity index is 1.91. The van der Waals surface area contributed by atoms with Gasteiger partial charge in [-0.05, 0) is 36.8 Å². The van der Waals surface area contributed by atoms with Crippen LogP contribution < -0.4 is 5.32 Å². The summed E-state index contributed by atoms with van der Waals surface area (Å²) >= 11 is 6.07. The number of aryl methyl sites for hydroxylation is 1. The van der Waals surface area contributed by atoms with E-state index in [4.69, 9.17) is 16.0 Å². The third-order valence-corrected chi connectivity index (χ3v) is 3.85. The molecular weight excluding hydrogens is 298 g/mol. The molecule has 0 saturated heterocycles. The number of halogens is 1. The van der Waals surface area contributed by atoms with Crippen LogP contribution in [0.5, 0.6) is 0 Å². The molecule has 0 fully saturated rings. The number of nitrogens with one attached hydrogen (secondary N) is 1. The summed E-state index contributed by atoms with van der Waals surface area (Å²) < 4.78 is 5.90. The zero-order valence-electron chi connectivity index (χ0n) is 11.8. The highest BCUT2D eigenvalue weighted by molar-refractivity contribution is 6.31. The van der Waals surface area contributed by atoms with Crippen LogP contribution in [0.15, 0.2) is 53.2 Å². The lowest BCUT2D eigenvalue weighted by Crippen LogP contribution is -1.96. The van der Waals surface area contributed by atoms with E-state index in [9.17, 15) is 0 Å². The lowest BCUT2D eigenvalue weighted by Gasteiger charge is -2.08. The van der Waals surface area contributed by atoms with E-state index in [-0.39, 0.29) is 0 Å². The molecule has 2 heterocycles. The smallest absolute Gasteiger partial charge is 0.196 e. The van der Waals surface area contributed by atoms with Gasteiger partial charge in [0, 0.05) is 16.1 Å². The minimum Gasteiger partial charge on any atom is -0.450 e. The van der Waals surface area contributed by atoms with Crippen molar-refractivity contribution in [3.8, 4) is 0 Å². The first kappa shape index (κ1) is 13.1. The topological polar surface area (TPSA) is 51.0 Å². The maximum absolute atomic E-state index is 6.07. The normalized spacial score (nSPS) is 11.2. The molecule has 0 amide bonds. The average molecular weight is 310 g/mol.